The van der Waals surface area contributed by atoms with Gasteiger partial charge in [0.1, 0.15) is 5.75 Å². The molecular weight excluding hydrogens is 410 g/mol. The first-order chi connectivity index (χ1) is 13.0. The number of benzene rings is 2. The Labute approximate surface area is 168 Å². The molecule has 0 saturated heterocycles. The van der Waals surface area contributed by atoms with Crippen LogP contribution in [-0.4, -0.2) is 33.8 Å². The number of carbonyl (C=O) groups excluding carboxylic acids is 1. The summed E-state index contributed by atoms with van der Waals surface area (Å²) in [6.07, 6.45) is 3.93. The third-order valence-corrected chi connectivity index (χ3v) is 4.78. The van der Waals surface area contributed by atoms with Crippen LogP contribution in [0.1, 0.15) is 16.7 Å². The van der Waals surface area contributed by atoms with E-state index in [2.05, 4.69) is 21.2 Å². The normalized spacial score (nSPS) is 10.7. The average Bonchev–Trinajstić information content (AvgIpc) is 2.67. The Morgan fingerprint density at radius 3 is 2.37 bits per heavy atom. The van der Waals surface area contributed by atoms with Gasteiger partial charge < -0.3 is 19.5 Å². The lowest BCUT2D eigenvalue weighted by atomic mass is 10.1. The third kappa shape index (κ3) is 5.76. The first-order valence-electron chi connectivity index (χ1n) is 8.49. The third-order valence-electron chi connectivity index (χ3n) is 4.05. The lowest BCUT2D eigenvalue weighted by Crippen LogP contribution is -2.23. The van der Waals surface area contributed by atoms with E-state index in [0.717, 1.165) is 26.9 Å². The summed E-state index contributed by atoms with van der Waals surface area (Å²) in [5.41, 5.74) is 3.00. The molecule has 2 rings (SSSR count). The number of ether oxygens (including phenoxy) is 3. The molecule has 0 unspecified atom stereocenters. The molecule has 0 aliphatic rings. The van der Waals surface area contributed by atoms with Crippen LogP contribution in [0.25, 0.3) is 6.08 Å². The van der Waals surface area contributed by atoms with Gasteiger partial charge in [0.15, 0.2) is 11.5 Å². The molecule has 27 heavy (non-hydrogen) atoms. The van der Waals surface area contributed by atoms with Crippen molar-refractivity contribution in [3.8, 4) is 17.2 Å². The maximum absolute atomic E-state index is 12.1. The van der Waals surface area contributed by atoms with Gasteiger partial charge in [-0.2, -0.15) is 0 Å². The SMILES string of the molecule is COc1ccc(C)cc1/C=C/C(=O)NCCc1cc(OC)c(OC)cc1Br. The second-order valence-corrected chi connectivity index (χ2v) is 6.77. The van der Waals surface area contributed by atoms with E-state index in [1.807, 2.05) is 37.3 Å². The van der Waals surface area contributed by atoms with Crippen molar-refractivity contribution in [1.82, 2.24) is 5.32 Å². The number of nitrogens with one attached hydrogen (secondary N) is 1. The van der Waals surface area contributed by atoms with Crippen molar-refractivity contribution in [2.75, 3.05) is 27.9 Å². The lowest BCUT2D eigenvalue weighted by molar-refractivity contribution is -0.116. The fourth-order valence-corrected chi connectivity index (χ4v) is 3.14. The highest BCUT2D eigenvalue weighted by atomic mass is 79.9. The summed E-state index contributed by atoms with van der Waals surface area (Å²) in [4.78, 5) is 12.1. The van der Waals surface area contributed by atoms with Crippen LogP contribution in [0.3, 0.4) is 0 Å². The van der Waals surface area contributed by atoms with Crippen LogP contribution in [0.5, 0.6) is 17.2 Å². The molecule has 0 heterocycles. The maximum Gasteiger partial charge on any atom is 0.244 e. The Kier molecular flexibility index (Phi) is 7.73. The predicted octanol–water partition coefficient (Wildman–Crippen LogP) is 4.16. The van der Waals surface area contributed by atoms with Crippen molar-refractivity contribution in [2.24, 2.45) is 0 Å². The molecule has 0 radical (unpaired) electrons. The number of rotatable bonds is 8. The number of halogens is 1. The van der Waals surface area contributed by atoms with Crippen molar-refractivity contribution in [1.29, 1.82) is 0 Å². The Hall–Kier alpha value is -2.47. The van der Waals surface area contributed by atoms with Crippen LogP contribution >= 0.6 is 15.9 Å². The molecule has 0 fully saturated rings. The van der Waals surface area contributed by atoms with Gasteiger partial charge in [-0.3, -0.25) is 4.79 Å². The first kappa shape index (κ1) is 20.8. The van der Waals surface area contributed by atoms with Crippen LogP contribution < -0.4 is 19.5 Å². The second-order valence-electron chi connectivity index (χ2n) is 5.92. The lowest BCUT2D eigenvalue weighted by Gasteiger charge is -2.12. The molecule has 2 aromatic rings. The smallest absolute Gasteiger partial charge is 0.244 e. The highest BCUT2D eigenvalue weighted by Gasteiger charge is 2.09. The van der Waals surface area contributed by atoms with Crippen molar-refractivity contribution >= 4 is 27.9 Å². The van der Waals surface area contributed by atoms with Crippen molar-refractivity contribution in [3.63, 3.8) is 0 Å². The zero-order valence-electron chi connectivity index (χ0n) is 16.0. The molecule has 0 saturated carbocycles. The van der Waals surface area contributed by atoms with Gasteiger partial charge in [0.05, 0.1) is 21.3 Å². The van der Waals surface area contributed by atoms with Crippen molar-refractivity contribution < 1.29 is 19.0 Å². The Balaban J connectivity index is 1.96. The topological polar surface area (TPSA) is 56.8 Å². The van der Waals surface area contributed by atoms with Gasteiger partial charge in [-0.15, -0.1) is 0 Å². The minimum absolute atomic E-state index is 0.157. The minimum Gasteiger partial charge on any atom is -0.496 e. The summed E-state index contributed by atoms with van der Waals surface area (Å²) >= 11 is 3.53. The Bertz CT molecular complexity index is 833. The molecule has 6 heteroatoms. The van der Waals surface area contributed by atoms with E-state index in [9.17, 15) is 4.79 Å². The van der Waals surface area contributed by atoms with E-state index in [1.54, 1.807) is 27.4 Å². The number of carbonyl (C=O) groups is 1. The zero-order chi connectivity index (χ0) is 19.8. The molecule has 0 aliphatic carbocycles. The predicted molar refractivity (Wildman–Crippen MR) is 111 cm³/mol. The summed E-state index contributed by atoms with van der Waals surface area (Å²) in [6.45, 7) is 2.50. The van der Waals surface area contributed by atoms with Crippen molar-refractivity contribution in [2.45, 2.75) is 13.3 Å². The summed E-state index contributed by atoms with van der Waals surface area (Å²) in [6, 6.07) is 9.60. The van der Waals surface area contributed by atoms with Gasteiger partial charge in [0, 0.05) is 22.7 Å². The molecular formula is C21H24BrNO4. The summed E-state index contributed by atoms with van der Waals surface area (Å²) in [7, 11) is 4.81. The first-order valence-corrected chi connectivity index (χ1v) is 9.28. The number of methoxy groups -OCH3 is 3. The van der Waals surface area contributed by atoms with Crippen molar-refractivity contribution in [3.05, 3.63) is 57.6 Å². The number of hydrogen-bond donors (Lipinski definition) is 1. The molecule has 0 atom stereocenters. The maximum atomic E-state index is 12.1. The van der Waals surface area contributed by atoms with E-state index in [-0.39, 0.29) is 5.91 Å². The Morgan fingerprint density at radius 1 is 1.04 bits per heavy atom. The number of aryl methyl sites for hydroxylation is 1. The standard InChI is InChI=1S/C21H24BrNO4/c1-14-5-7-18(25-2)16(11-14)6-8-21(24)23-10-9-15-12-19(26-3)20(27-4)13-17(15)22/h5-8,11-13H,9-10H2,1-4H3,(H,23,24)/b8-6+. The largest absolute Gasteiger partial charge is 0.496 e. The van der Waals surface area contributed by atoms with Gasteiger partial charge >= 0.3 is 0 Å². The Morgan fingerprint density at radius 2 is 1.70 bits per heavy atom. The van der Waals surface area contributed by atoms with Gasteiger partial charge in [-0.05, 0) is 49.2 Å². The van der Waals surface area contributed by atoms with Crippen LogP contribution in [0.4, 0.5) is 0 Å². The van der Waals surface area contributed by atoms with E-state index in [4.69, 9.17) is 14.2 Å². The molecule has 1 amide bonds. The molecule has 144 valence electrons. The van der Waals surface area contributed by atoms with Crippen LogP contribution in [0.15, 0.2) is 40.9 Å². The second kappa shape index (κ2) is 10.0. The van der Waals surface area contributed by atoms with Gasteiger partial charge in [-0.25, -0.2) is 0 Å². The van der Waals surface area contributed by atoms with E-state index in [0.29, 0.717) is 24.5 Å². The van der Waals surface area contributed by atoms with Gasteiger partial charge in [0.25, 0.3) is 0 Å². The average molecular weight is 434 g/mol. The van der Waals surface area contributed by atoms with Crippen LogP contribution in [0, 0.1) is 6.92 Å². The minimum atomic E-state index is -0.157. The van der Waals surface area contributed by atoms with E-state index >= 15 is 0 Å². The van der Waals surface area contributed by atoms with E-state index < -0.39 is 0 Å². The summed E-state index contributed by atoms with van der Waals surface area (Å²) in [5.74, 6) is 1.90. The summed E-state index contributed by atoms with van der Waals surface area (Å²) < 4.78 is 16.8. The van der Waals surface area contributed by atoms with Crippen LogP contribution in [-0.2, 0) is 11.2 Å². The fraction of sp³-hybridized carbons (Fsp3) is 0.286. The van der Waals surface area contributed by atoms with E-state index in [1.165, 1.54) is 6.08 Å². The number of amides is 1. The van der Waals surface area contributed by atoms with Crippen LogP contribution in [0.2, 0.25) is 0 Å². The zero-order valence-corrected chi connectivity index (χ0v) is 17.6. The quantitative estimate of drug-likeness (QED) is 0.635. The monoisotopic (exact) mass is 433 g/mol. The van der Waals surface area contributed by atoms with Gasteiger partial charge in [0.2, 0.25) is 5.91 Å². The molecule has 2 aromatic carbocycles. The highest BCUT2D eigenvalue weighted by molar-refractivity contribution is 9.10. The highest BCUT2D eigenvalue weighted by Crippen LogP contribution is 2.33. The summed E-state index contributed by atoms with van der Waals surface area (Å²) in [5, 5.41) is 2.89. The molecule has 0 aromatic heterocycles. The molecule has 0 aliphatic heterocycles. The van der Waals surface area contributed by atoms with Gasteiger partial charge in [-0.1, -0.05) is 27.6 Å². The molecule has 0 bridgehead atoms. The molecule has 5 nitrogen and oxygen atoms in total. The fourth-order valence-electron chi connectivity index (χ4n) is 2.62. The molecule has 1 N–H and O–H groups in total. The molecule has 0 spiro atoms. The number of hydrogen-bond acceptors (Lipinski definition) is 4.